The number of H-pyrrole nitrogens is 1. The molecule has 0 saturated heterocycles. The van der Waals surface area contributed by atoms with Gasteiger partial charge in [-0.15, -0.1) is 0 Å². The number of benzene rings is 1. The van der Waals surface area contributed by atoms with Crippen molar-refractivity contribution in [2.75, 3.05) is 20.7 Å². The van der Waals surface area contributed by atoms with Crippen LogP contribution in [0.25, 0.3) is 11.4 Å². The Morgan fingerprint density at radius 2 is 2.12 bits per heavy atom. The predicted molar refractivity (Wildman–Crippen MR) is 101 cm³/mol. The number of carbonyl (C=O) groups excluding carboxylic acids is 2. The Morgan fingerprint density at radius 1 is 1.35 bits per heavy atom. The van der Waals surface area contributed by atoms with Gasteiger partial charge in [-0.25, -0.2) is 0 Å². The van der Waals surface area contributed by atoms with E-state index in [0.717, 1.165) is 17.0 Å². The molecular formula is C18H24N4O3S. The van der Waals surface area contributed by atoms with E-state index in [1.54, 1.807) is 11.9 Å². The van der Waals surface area contributed by atoms with Crippen molar-refractivity contribution >= 4 is 24.1 Å². The van der Waals surface area contributed by atoms with Crippen LogP contribution in [-0.2, 0) is 20.9 Å². The molecule has 0 aliphatic carbocycles. The fourth-order valence-corrected chi connectivity index (χ4v) is 2.84. The van der Waals surface area contributed by atoms with E-state index in [2.05, 4.69) is 14.9 Å². The topological polar surface area (TPSA) is 80.2 Å². The molecule has 0 aliphatic rings. The van der Waals surface area contributed by atoms with Crippen LogP contribution in [-0.4, -0.2) is 52.2 Å². The Morgan fingerprint density at radius 3 is 2.81 bits per heavy atom. The molecule has 0 spiro atoms. The highest BCUT2D eigenvalue weighted by atomic mass is 32.1. The SMILES string of the molecule is COC(=O)CCCN(C)C(=O)CCn1c(-c2cccc(C)c2)n[nH]c1=S. The highest BCUT2D eigenvalue weighted by Crippen LogP contribution is 2.19. The number of amides is 1. The summed E-state index contributed by atoms with van der Waals surface area (Å²) in [5.41, 5.74) is 2.08. The number of aromatic nitrogens is 3. The van der Waals surface area contributed by atoms with Crippen molar-refractivity contribution in [2.45, 2.75) is 32.7 Å². The van der Waals surface area contributed by atoms with Crippen molar-refractivity contribution in [1.82, 2.24) is 19.7 Å². The lowest BCUT2D eigenvalue weighted by atomic mass is 10.1. The van der Waals surface area contributed by atoms with Gasteiger partial charge in [0.2, 0.25) is 5.91 Å². The van der Waals surface area contributed by atoms with Gasteiger partial charge in [0.05, 0.1) is 7.11 Å². The maximum absolute atomic E-state index is 12.3. The third-order valence-corrected chi connectivity index (χ3v) is 4.42. The zero-order valence-electron chi connectivity index (χ0n) is 15.3. The number of hydrogen-bond acceptors (Lipinski definition) is 5. The molecule has 2 aromatic rings. The first-order valence-electron chi connectivity index (χ1n) is 8.45. The van der Waals surface area contributed by atoms with Crippen molar-refractivity contribution in [3.05, 3.63) is 34.6 Å². The summed E-state index contributed by atoms with van der Waals surface area (Å²) in [5.74, 6) is 0.450. The number of nitrogens with zero attached hydrogens (tertiary/aromatic N) is 3. The molecule has 1 aromatic heterocycles. The van der Waals surface area contributed by atoms with Crippen LogP contribution in [0.1, 0.15) is 24.8 Å². The van der Waals surface area contributed by atoms with Crippen LogP contribution in [0.15, 0.2) is 24.3 Å². The fraction of sp³-hybridized carbons (Fsp3) is 0.444. The summed E-state index contributed by atoms with van der Waals surface area (Å²) in [5, 5.41) is 7.10. The van der Waals surface area contributed by atoms with Crippen molar-refractivity contribution in [3.8, 4) is 11.4 Å². The molecular weight excluding hydrogens is 352 g/mol. The summed E-state index contributed by atoms with van der Waals surface area (Å²) in [7, 11) is 3.09. The first-order chi connectivity index (χ1) is 12.4. The molecule has 140 valence electrons. The molecule has 0 atom stereocenters. The van der Waals surface area contributed by atoms with E-state index in [0.29, 0.717) is 37.1 Å². The van der Waals surface area contributed by atoms with E-state index in [9.17, 15) is 9.59 Å². The standard InChI is InChI=1S/C18H24N4O3S/c1-13-6-4-7-14(12-13)17-19-20-18(26)22(17)11-9-15(23)21(2)10-5-8-16(24)25-3/h4,6-7,12H,5,8-11H2,1-3H3,(H,20,26). The normalized spacial score (nSPS) is 10.6. The van der Waals surface area contributed by atoms with Crippen LogP contribution in [0.2, 0.25) is 0 Å². The lowest BCUT2D eigenvalue weighted by molar-refractivity contribution is -0.141. The average molecular weight is 376 g/mol. The highest BCUT2D eigenvalue weighted by Gasteiger charge is 2.13. The molecule has 2 rings (SSSR count). The van der Waals surface area contributed by atoms with Crippen molar-refractivity contribution < 1.29 is 14.3 Å². The Labute approximate surface area is 158 Å². The van der Waals surface area contributed by atoms with Crippen molar-refractivity contribution in [1.29, 1.82) is 0 Å². The fourth-order valence-electron chi connectivity index (χ4n) is 2.62. The minimum Gasteiger partial charge on any atom is -0.469 e. The average Bonchev–Trinajstić information content (AvgIpc) is 2.99. The first-order valence-corrected chi connectivity index (χ1v) is 8.86. The van der Waals surface area contributed by atoms with Gasteiger partial charge in [-0.3, -0.25) is 19.3 Å². The molecule has 1 N–H and O–H groups in total. The number of aryl methyl sites for hydroxylation is 1. The maximum Gasteiger partial charge on any atom is 0.305 e. The predicted octanol–water partition coefficient (Wildman–Crippen LogP) is 2.72. The Hall–Kier alpha value is -2.48. The summed E-state index contributed by atoms with van der Waals surface area (Å²) in [6.07, 6.45) is 1.19. The third kappa shape index (κ3) is 5.26. The summed E-state index contributed by atoms with van der Waals surface area (Å²) in [6, 6.07) is 7.98. The van der Waals surface area contributed by atoms with Crippen molar-refractivity contribution in [2.24, 2.45) is 0 Å². The van der Waals surface area contributed by atoms with Gasteiger partial charge in [0, 0.05) is 38.5 Å². The van der Waals surface area contributed by atoms with Crippen LogP contribution >= 0.6 is 12.2 Å². The Balaban J connectivity index is 1.97. The lowest BCUT2D eigenvalue weighted by Gasteiger charge is -2.17. The van der Waals surface area contributed by atoms with E-state index in [4.69, 9.17) is 12.2 Å². The minimum atomic E-state index is -0.265. The second kappa shape index (κ2) is 9.28. The Kier molecular flexibility index (Phi) is 7.08. The Bertz CT molecular complexity index is 828. The van der Waals surface area contributed by atoms with E-state index in [1.165, 1.54) is 7.11 Å². The summed E-state index contributed by atoms with van der Waals surface area (Å²) >= 11 is 5.30. The number of esters is 1. The maximum atomic E-state index is 12.3. The van der Waals surface area contributed by atoms with Crippen LogP contribution in [0.3, 0.4) is 0 Å². The highest BCUT2D eigenvalue weighted by molar-refractivity contribution is 7.71. The number of carbonyl (C=O) groups is 2. The molecule has 8 heteroatoms. The van der Waals surface area contributed by atoms with Crippen molar-refractivity contribution in [3.63, 3.8) is 0 Å². The van der Waals surface area contributed by atoms with Crippen LogP contribution in [0.5, 0.6) is 0 Å². The molecule has 0 unspecified atom stereocenters. The quantitative estimate of drug-likeness (QED) is 0.566. The lowest BCUT2D eigenvalue weighted by Crippen LogP contribution is -2.29. The molecule has 1 heterocycles. The molecule has 1 aromatic carbocycles. The minimum absolute atomic E-state index is 0.00634. The first kappa shape index (κ1) is 19.8. The van der Waals surface area contributed by atoms with Gasteiger partial charge < -0.3 is 9.64 Å². The number of nitrogens with one attached hydrogen (secondary N) is 1. The summed E-state index contributed by atoms with van der Waals surface area (Å²) < 4.78 is 6.92. The second-order valence-corrected chi connectivity index (χ2v) is 6.51. The molecule has 0 saturated carbocycles. The smallest absolute Gasteiger partial charge is 0.305 e. The molecule has 0 radical (unpaired) electrons. The molecule has 1 amide bonds. The van der Waals surface area contributed by atoms with Gasteiger partial charge >= 0.3 is 5.97 Å². The van der Waals surface area contributed by atoms with Gasteiger partial charge in [0.25, 0.3) is 0 Å². The molecule has 7 nitrogen and oxygen atoms in total. The van der Waals surface area contributed by atoms with Crippen LogP contribution in [0, 0.1) is 11.7 Å². The number of methoxy groups -OCH3 is 1. The number of ether oxygens (including phenoxy) is 1. The summed E-state index contributed by atoms with van der Waals surface area (Å²) in [4.78, 5) is 25.1. The zero-order chi connectivity index (χ0) is 19.1. The molecule has 0 fully saturated rings. The van der Waals surface area contributed by atoms with Gasteiger partial charge in [0.1, 0.15) is 0 Å². The van der Waals surface area contributed by atoms with E-state index < -0.39 is 0 Å². The monoisotopic (exact) mass is 376 g/mol. The van der Waals surface area contributed by atoms with Gasteiger partial charge in [-0.05, 0) is 31.6 Å². The second-order valence-electron chi connectivity index (χ2n) is 6.12. The molecule has 0 aliphatic heterocycles. The van der Waals surface area contributed by atoms with Crippen LogP contribution < -0.4 is 0 Å². The third-order valence-electron chi connectivity index (χ3n) is 4.11. The van der Waals surface area contributed by atoms with Gasteiger partial charge in [-0.1, -0.05) is 23.8 Å². The van der Waals surface area contributed by atoms with Gasteiger partial charge in [0.15, 0.2) is 10.6 Å². The van der Waals surface area contributed by atoms with Gasteiger partial charge in [-0.2, -0.15) is 5.10 Å². The van der Waals surface area contributed by atoms with E-state index in [1.807, 2.05) is 35.8 Å². The number of rotatable bonds is 8. The number of aromatic amines is 1. The number of hydrogen-bond donors (Lipinski definition) is 1. The summed E-state index contributed by atoms with van der Waals surface area (Å²) in [6.45, 7) is 2.97. The van der Waals surface area contributed by atoms with Crippen LogP contribution in [0.4, 0.5) is 0 Å². The largest absolute Gasteiger partial charge is 0.469 e. The zero-order valence-corrected chi connectivity index (χ0v) is 16.1. The van der Waals surface area contributed by atoms with E-state index >= 15 is 0 Å². The molecule has 26 heavy (non-hydrogen) atoms. The molecule has 0 bridgehead atoms. The van der Waals surface area contributed by atoms with E-state index in [-0.39, 0.29) is 11.9 Å².